The van der Waals surface area contributed by atoms with Crippen LogP contribution in [0.4, 0.5) is 0 Å². The zero-order chi connectivity index (χ0) is 12.8. The minimum atomic E-state index is -2.14. The first kappa shape index (κ1) is 14.4. The molecule has 0 aliphatic rings. The van der Waals surface area contributed by atoms with Crippen LogP contribution < -0.4 is 0 Å². The van der Waals surface area contributed by atoms with Gasteiger partial charge in [0.1, 0.15) is 0 Å². The zero-order valence-electron chi connectivity index (χ0n) is 11.0. The van der Waals surface area contributed by atoms with Gasteiger partial charge in [-0.15, -0.1) is 0 Å². The SMILES string of the molecule is CC(C)N(C(C)C)[PH](=O)OCc1ccccc1. The quantitative estimate of drug-likeness (QED) is 0.726. The van der Waals surface area contributed by atoms with Crippen LogP contribution >= 0.6 is 8.18 Å². The Hall–Kier alpha value is -0.630. The lowest BCUT2D eigenvalue weighted by Gasteiger charge is -2.28. The van der Waals surface area contributed by atoms with Gasteiger partial charge in [-0.3, -0.25) is 4.57 Å². The second-order valence-corrected chi connectivity index (χ2v) is 5.97. The maximum Gasteiger partial charge on any atom is 0.261 e. The molecule has 0 spiro atoms. The minimum Gasteiger partial charge on any atom is -0.315 e. The van der Waals surface area contributed by atoms with Crippen LogP contribution in [0.15, 0.2) is 30.3 Å². The van der Waals surface area contributed by atoms with Crippen molar-refractivity contribution in [2.24, 2.45) is 0 Å². The lowest BCUT2D eigenvalue weighted by Crippen LogP contribution is -2.30. The number of hydrogen-bond acceptors (Lipinski definition) is 2. The Morgan fingerprint density at radius 1 is 1.12 bits per heavy atom. The van der Waals surface area contributed by atoms with E-state index in [4.69, 9.17) is 4.52 Å². The van der Waals surface area contributed by atoms with Gasteiger partial charge in [-0.1, -0.05) is 30.3 Å². The molecule has 0 fully saturated rings. The average Bonchev–Trinajstić information content (AvgIpc) is 2.27. The predicted octanol–water partition coefficient (Wildman–Crippen LogP) is 3.71. The molecule has 1 rings (SSSR count). The second kappa shape index (κ2) is 6.95. The van der Waals surface area contributed by atoms with Crippen LogP contribution in [0.5, 0.6) is 0 Å². The fourth-order valence-corrected chi connectivity index (χ4v) is 3.09. The molecule has 0 radical (unpaired) electrons. The van der Waals surface area contributed by atoms with Gasteiger partial charge in [0.2, 0.25) is 0 Å². The largest absolute Gasteiger partial charge is 0.315 e. The van der Waals surface area contributed by atoms with Gasteiger partial charge >= 0.3 is 0 Å². The molecule has 1 unspecified atom stereocenters. The molecule has 0 bridgehead atoms. The van der Waals surface area contributed by atoms with Gasteiger partial charge in [-0.2, -0.15) is 0 Å². The van der Waals surface area contributed by atoms with Crippen molar-refractivity contribution in [2.75, 3.05) is 0 Å². The van der Waals surface area contributed by atoms with E-state index in [0.29, 0.717) is 6.61 Å². The summed E-state index contributed by atoms with van der Waals surface area (Å²) in [5.41, 5.74) is 1.05. The van der Waals surface area contributed by atoms with Crippen molar-refractivity contribution in [1.29, 1.82) is 0 Å². The van der Waals surface area contributed by atoms with E-state index in [1.807, 2.05) is 62.7 Å². The maximum atomic E-state index is 12.1. The van der Waals surface area contributed by atoms with Crippen molar-refractivity contribution in [2.45, 2.75) is 46.4 Å². The molecule has 17 heavy (non-hydrogen) atoms. The molecule has 96 valence electrons. The van der Waals surface area contributed by atoms with Crippen LogP contribution in [0, 0.1) is 0 Å². The Bertz CT molecular complexity index is 344. The molecule has 0 saturated carbocycles. The summed E-state index contributed by atoms with van der Waals surface area (Å²) in [6.45, 7) is 8.56. The maximum absolute atomic E-state index is 12.1. The van der Waals surface area contributed by atoms with Gasteiger partial charge in [0.05, 0.1) is 6.61 Å². The Labute approximate surface area is 105 Å². The zero-order valence-corrected chi connectivity index (χ0v) is 12.0. The highest BCUT2D eigenvalue weighted by Crippen LogP contribution is 2.34. The summed E-state index contributed by atoms with van der Waals surface area (Å²) in [5, 5.41) is 0. The van der Waals surface area contributed by atoms with Crippen LogP contribution in [-0.2, 0) is 15.7 Å². The molecule has 1 atom stereocenters. The summed E-state index contributed by atoms with van der Waals surface area (Å²) in [4.78, 5) is 0. The van der Waals surface area contributed by atoms with Crippen molar-refractivity contribution in [3.63, 3.8) is 0 Å². The van der Waals surface area contributed by atoms with Crippen molar-refractivity contribution in [1.82, 2.24) is 4.67 Å². The molecule has 3 nitrogen and oxygen atoms in total. The van der Waals surface area contributed by atoms with Crippen LogP contribution in [0.3, 0.4) is 0 Å². The highest BCUT2D eigenvalue weighted by Gasteiger charge is 2.19. The predicted molar refractivity (Wildman–Crippen MR) is 72.3 cm³/mol. The van der Waals surface area contributed by atoms with Gasteiger partial charge in [0, 0.05) is 12.1 Å². The highest BCUT2D eigenvalue weighted by molar-refractivity contribution is 7.36. The molecule has 0 heterocycles. The van der Waals surface area contributed by atoms with Crippen molar-refractivity contribution < 1.29 is 9.09 Å². The summed E-state index contributed by atoms with van der Waals surface area (Å²) < 4.78 is 19.5. The van der Waals surface area contributed by atoms with E-state index in [9.17, 15) is 4.57 Å². The number of nitrogens with zero attached hydrogens (tertiary/aromatic N) is 1. The van der Waals surface area contributed by atoms with Crippen molar-refractivity contribution in [3.8, 4) is 0 Å². The van der Waals surface area contributed by atoms with E-state index in [1.54, 1.807) is 0 Å². The Morgan fingerprint density at radius 3 is 2.12 bits per heavy atom. The number of benzene rings is 1. The Morgan fingerprint density at radius 2 is 1.65 bits per heavy atom. The molecule has 1 aromatic carbocycles. The van der Waals surface area contributed by atoms with Crippen LogP contribution in [0.2, 0.25) is 0 Å². The Balaban J connectivity index is 2.54. The summed E-state index contributed by atoms with van der Waals surface area (Å²) >= 11 is 0. The summed E-state index contributed by atoms with van der Waals surface area (Å²) in [5.74, 6) is 0. The fraction of sp³-hybridized carbons (Fsp3) is 0.538. The first-order valence-corrected chi connectivity index (χ1v) is 7.27. The molecular weight excluding hydrogens is 233 g/mol. The van der Waals surface area contributed by atoms with E-state index in [-0.39, 0.29) is 12.1 Å². The molecule has 0 aliphatic carbocycles. The summed E-state index contributed by atoms with van der Waals surface area (Å²) in [6, 6.07) is 10.3. The van der Waals surface area contributed by atoms with Crippen LogP contribution in [0.1, 0.15) is 33.3 Å². The highest BCUT2D eigenvalue weighted by atomic mass is 31.1. The number of rotatable bonds is 6. The summed E-state index contributed by atoms with van der Waals surface area (Å²) in [7, 11) is -2.14. The molecule has 0 aliphatic heterocycles. The standard InChI is InChI=1S/C13H22NO2P/c1-11(2)14(12(3)4)17(15)16-10-13-8-6-5-7-9-13/h5-9,11-12,17H,10H2,1-4H3. The fourth-order valence-electron chi connectivity index (χ4n) is 1.81. The van der Waals surface area contributed by atoms with E-state index < -0.39 is 8.18 Å². The van der Waals surface area contributed by atoms with Gasteiger partial charge in [-0.05, 0) is 33.3 Å². The monoisotopic (exact) mass is 255 g/mol. The van der Waals surface area contributed by atoms with E-state index >= 15 is 0 Å². The normalized spacial score (nSPS) is 13.6. The van der Waals surface area contributed by atoms with Crippen LogP contribution in [0.25, 0.3) is 0 Å². The average molecular weight is 255 g/mol. The van der Waals surface area contributed by atoms with Crippen molar-refractivity contribution >= 4 is 8.18 Å². The third-order valence-corrected chi connectivity index (χ3v) is 4.37. The third kappa shape index (κ3) is 4.63. The van der Waals surface area contributed by atoms with Gasteiger partial charge in [0.25, 0.3) is 8.18 Å². The van der Waals surface area contributed by atoms with Crippen LogP contribution in [-0.4, -0.2) is 16.8 Å². The topological polar surface area (TPSA) is 29.5 Å². The van der Waals surface area contributed by atoms with E-state index in [2.05, 4.69) is 0 Å². The Kier molecular flexibility index (Phi) is 5.90. The molecule has 1 aromatic rings. The lowest BCUT2D eigenvalue weighted by atomic mass is 10.2. The number of hydrogen-bond donors (Lipinski definition) is 0. The molecule has 0 saturated heterocycles. The molecule has 0 N–H and O–H groups in total. The van der Waals surface area contributed by atoms with Gasteiger partial charge in [0.15, 0.2) is 0 Å². The summed E-state index contributed by atoms with van der Waals surface area (Å²) in [6.07, 6.45) is 0. The van der Waals surface area contributed by atoms with E-state index in [1.165, 1.54) is 0 Å². The minimum absolute atomic E-state index is 0.233. The third-order valence-electron chi connectivity index (χ3n) is 2.53. The first-order valence-electron chi connectivity index (χ1n) is 6.01. The molecule has 0 aromatic heterocycles. The molecule has 0 amide bonds. The molecule has 4 heteroatoms. The van der Waals surface area contributed by atoms with Gasteiger partial charge in [-0.25, -0.2) is 4.67 Å². The smallest absolute Gasteiger partial charge is 0.261 e. The van der Waals surface area contributed by atoms with Crippen molar-refractivity contribution in [3.05, 3.63) is 35.9 Å². The van der Waals surface area contributed by atoms with E-state index in [0.717, 1.165) is 5.56 Å². The first-order chi connectivity index (χ1) is 8.02. The lowest BCUT2D eigenvalue weighted by molar-refractivity contribution is 0.228. The molecular formula is C13H22NO2P. The van der Waals surface area contributed by atoms with Gasteiger partial charge < -0.3 is 4.52 Å². The second-order valence-electron chi connectivity index (χ2n) is 4.63.